The average Bonchev–Trinajstić information content (AvgIpc) is 2.47. The first-order chi connectivity index (χ1) is 9.63. The molecule has 0 bridgehead atoms. The number of rotatable bonds is 4. The van der Waals surface area contributed by atoms with E-state index in [0.29, 0.717) is 24.9 Å². The fourth-order valence-electron chi connectivity index (χ4n) is 2.62. The van der Waals surface area contributed by atoms with Crippen molar-refractivity contribution in [2.24, 2.45) is 5.92 Å². The van der Waals surface area contributed by atoms with Gasteiger partial charge in [-0.2, -0.15) is 0 Å². The summed E-state index contributed by atoms with van der Waals surface area (Å²) in [5.41, 5.74) is 0.0426. The summed E-state index contributed by atoms with van der Waals surface area (Å²) in [6.07, 6.45) is 2.86. The van der Waals surface area contributed by atoms with Gasteiger partial charge < -0.3 is 4.90 Å². The predicted molar refractivity (Wildman–Crippen MR) is 77.1 cm³/mol. The molecular weight excluding hydrogens is 280 g/mol. The summed E-state index contributed by atoms with van der Waals surface area (Å²) in [6.45, 7) is 1.29. The monoisotopic (exact) mass is 296 g/mol. The highest BCUT2D eigenvalue weighted by molar-refractivity contribution is 6.17. The van der Waals surface area contributed by atoms with Crippen molar-refractivity contribution in [3.63, 3.8) is 0 Å². The lowest BCUT2D eigenvalue weighted by Crippen LogP contribution is -2.40. The summed E-state index contributed by atoms with van der Waals surface area (Å²) >= 11 is 5.75. The van der Waals surface area contributed by atoms with Crippen LogP contribution < -0.4 is 0 Å². The van der Waals surface area contributed by atoms with Crippen LogP contribution in [0.15, 0.2) is 24.3 Å². The lowest BCUT2D eigenvalue weighted by Gasteiger charge is -2.32. The van der Waals surface area contributed by atoms with E-state index in [-0.39, 0.29) is 17.2 Å². The zero-order chi connectivity index (χ0) is 14.5. The van der Waals surface area contributed by atoms with Crippen molar-refractivity contribution in [1.82, 2.24) is 4.90 Å². The number of alkyl halides is 1. The third-order valence-electron chi connectivity index (χ3n) is 3.65. The van der Waals surface area contributed by atoms with Crippen LogP contribution in [0.1, 0.15) is 29.6 Å². The van der Waals surface area contributed by atoms with Gasteiger partial charge in [0.1, 0.15) is 5.56 Å². The van der Waals surface area contributed by atoms with Crippen LogP contribution in [0.5, 0.6) is 0 Å². The maximum absolute atomic E-state index is 12.5. The molecular formula is C14H17ClN2O3. The number of hydrogen-bond donors (Lipinski definition) is 0. The highest BCUT2D eigenvalue weighted by Crippen LogP contribution is 2.25. The minimum Gasteiger partial charge on any atom is -0.338 e. The van der Waals surface area contributed by atoms with E-state index in [1.807, 2.05) is 0 Å². The maximum atomic E-state index is 12.5. The van der Waals surface area contributed by atoms with Crippen LogP contribution in [0.3, 0.4) is 0 Å². The Kier molecular flexibility index (Phi) is 4.95. The van der Waals surface area contributed by atoms with Crippen molar-refractivity contribution < 1.29 is 9.72 Å². The number of carbonyl (C=O) groups excluding carboxylic acids is 1. The highest BCUT2D eigenvalue weighted by Gasteiger charge is 2.28. The number of carbonyl (C=O) groups is 1. The molecule has 1 aliphatic rings. The number of para-hydroxylation sites is 1. The Morgan fingerprint density at radius 1 is 1.45 bits per heavy atom. The van der Waals surface area contributed by atoms with Crippen molar-refractivity contribution in [3.8, 4) is 0 Å². The van der Waals surface area contributed by atoms with Crippen molar-refractivity contribution >= 4 is 23.2 Å². The van der Waals surface area contributed by atoms with Gasteiger partial charge in [0, 0.05) is 25.0 Å². The van der Waals surface area contributed by atoms with Gasteiger partial charge in [-0.1, -0.05) is 12.1 Å². The molecule has 1 amide bonds. The molecule has 1 saturated heterocycles. The van der Waals surface area contributed by atoms with Gasteiger partial charge in [-0.05, 0) is 31.2 Å². The van der Waals surface area contributed by atoms with E-state index >= 15 is 0 Å². The third-order valence-corrected chi connectivity index (χ3v) is 3.87. The molecule has 1 atom stereocenters. The fourth-order valence-corrected chi connectivity index (χ4v) is 2.93. The lowest BCUT2D eigenvalue weighted by molar-refractivity contribution is -0.385. The SMILES string of the molecule is O=C(c1ccccc1[N+](=O)[O-])N1CCCC(CCCl)C1. The first-order valence-corrected chi connectivity index (χ1v) is 7.25. The second-order valence-corrected chi connectivity index (χ2v) is 5.39. The van der Waals surface area contributed by atoms with Crippen LogP contribution in [0.4, 0.5) is 5.69 Å². The average molecular weight is 297 g/mol. The fraction of sp³-hybridized carbons (Fsp3) is 0.500. The number of halogens is 1. The maximum Gasteiger partial charge on any atom is 0.282 e. The molecule has 6 heteroatoms. The topological polar surface area (TPSA) is 63.4 Å². The van der Waals surface area contributed by atoms with Crippen LogP contribution in [-0.2, 0) is 0 Å². The van der Waals surface area contributed by atoms with Crippen molar-refractivity contribution in [2.45, 2.75) is 19.3 Å². The molecule has 1 heterocycles. The first kappa shape index (κ1) is 14.8. The smallest absolute Gasteiger partial charge is 0.282 e. The summed E-state index contributed by atoms with van der Waals surface area (Å²) in [7, 11) is 0. The minimum absolute atomic E-state index is 0.128. The number of piperidine rings is 1. The molecule has 0 spiro atoms. The van der Waals surface area contributed by atoms with Crippen molar-refractivity contribution in [3.05, 3.63) is 39.9 Å². The van der Waals surface area contributed by atoms with Crippen LogP contribution in [0.25, 0.3) is 0 Å². The summed E-state index contributed by atoms with van der Waals surface area (Å²) in [4.78, 5) is 24.7. The molecule has 1 fully saturated rings. The molecule has 0 aromatic heterocycles. The number of nitrogens with zero attached hydrogens (tertiary/aromatic N) is 2. The van der Waals surface area contributed by atoms with Gasteiger partial charge in [-0.3, -0.25) is 14.9 Å². The zero-order valence-corrected chi connectivity index (χ0v) is 11.9. The van der Waals surface area contributed by atoms with Gasteiger partial charge in [0.15, 0.2) is 0 Å². The molecule has 5 nitrogen and oxygen atoms in total. The second kappa shape index (κ2) is 6.70. The molecule has 0 saturated carbocycles. The highest BCUT2D eigenvalue weighted by atomic mass is 35.5. The number of benzene rings is 1. The minimum atomic E-state index is -0.507. The summed E-state index contributed by atoms with van der Waals surface area (Å²) in [5.74, 6) is 0.725. The van der Waals surface area contributed by atoms with Gasteiger partial charge >= 0.3 is 0 Å². The summed E-state index contributed by atoms with van der Waals surface area (Å²) in [5, 5.41) is 11.0. The molecule has 0 radical (unpaired) electrons. The Morgan fingerprint density at radius 2 is 2.20 bits per heavy atom. The molecule has 1 aromatic rings. The lowest BCUT2D eigenvalue weighted by atomic mass is 9.95. The number of amides is 1. The van der Waals surface area contributed by atoms with Gasteiger partial charge in [-0.25, -0.2) is 0 Å². The quantitative estimate of drug-likeness (QED) is 0.487. The number of nitro groups is 1. The predicted octanol–water partition coefficient (Wildman–Crippen LogP) is 3.08. The Hall–Kier alpha value is -1.62. The number of hydrogen-bond acceptors (Lipinski definition) is 3. The van der Waals surface area contributed by atoms with Gasteiger partial charge in [0.25, 0.3) is 11.6 Å². The molecule has 108 valence electrons. The van der Waals surface area contributed by atoms with E-state index in [4.69, 9.17) is 11.6 Å². The second-order valence-electron chi connectivity index (χ2n) is 5.01. The Morgan fingerprint density at radius 3 is 2.90 bits per heavy atom. The van der Waals surface area contributed by atoms with Crippen LogP contribution in [0.2, 0.25) is 0 Å². The van der Waals surface area contributed by atoms with Gasteiger partial charge in [0.05, 0.1) is 4.92 Å². The Labute approximate surface area is 122 Å². The van der Waals surface area contributed by atoms with Crippen LogP contribution in [0, 0.1) is 16.0 Å². The number of likely N-dealkylation sites (tertiary alicyclic amines) is 1. The van der Waals surface area contributed by atoms with Crippen molar-refractivity contribution in [1.29, 1.82) is 0 Å². The zero-order valence-electron chi connectivity index (χ0n) is 11.1. The largest absolute Gasteiger partial charge is 0.338 e. The van der Waals surface area contributed by atoms with Gasteiger partial charge in [0.2, 0.25) is 0 Å². The molecule has 1 aromatic carbocycles. The molecule has 20 heavy (non-hydrogen) atoms. The molecule has 0 N–H and O–H groups in total. The summed E-state index contributed by atoms with van der Waals surface area (Å²) in [6, 6.07) is 6.11. The van der Waals surface area contributed by atoms with Crippen LogP contribution >= 0.6 is 11.6 Å². The molecule has 0 aliphatic carbocycles. The number of nitro benzene ring substituents is 1. The summed E-state index contributed by atoms with van der Waals surface area (Å²) < 4.78 is 0. The van der Waals surface area contributed by atoms with Crippen LogP contribution in [-0.4, -0.2) is 34.7 Å². The van der Waals surface area contributed by atoms with E-state index in [1.54, 1.807) is 17.0 Å². The molecule has 1 aliphatic heterocycles. The Bertz CT molecular complexity index is 505. The van der Waals surface area contributed by atoms with E-state index in [2.05, 4.69) is 0 Å². The van der Waals surface area contributed by atoms with Gasteiger partial charge in [-0.15, -0.1) is 11.6 Å². The first-order valence-electron chi connectivity index (χ1n) is 6.72. The molecule has 2 rings (SSSR count). The van der Waals surface area contributed by atoms with E-state index < -0.39 is 4.92 Å². The Balaban J connectivity index is 2.17. The third kappa shape index (κ3) is 3.28. The normalized spacial score (nSPS) is 18.9. The van der Waals surface area contributed by atoms with E-state index in [9.17, 15) is 14.9 Å². The van der Waals surface area contributed by atoms with E-state index in [1.165, 1.54) is 12.1 Å². The van der Waals surface area contributed by atoms with E-state index in [0.717, 1.165) is 19.3 Å². The van der Waals surface area contributed by atoms with Crippen molar-refractivity contribution in [2.75, 3.05) is 19.0 Å². The standard InChI is InChI=1S/C14H17ClN2O3/c15-8-7-11-4-3-9-16(10-11)14(18)12-5-1-2-6-13(12)17(19)20/h1-2,5-6,11H,3-4,7-10H2. The molecule has 1 unspecified atom stereocenters.